The predicted octanol–water partition coefficient (Wildman–Crippen LogP) is 3.19. The second kappa shape index (κ2) is 7.53. The fraction of sp³-hybridized carbons (Fsp3) is 0.562. The molecule has 0 saturated carbocycles. The van der Waals surface area contributed by atoms with Crippen LogP contribution < -0.4 is 5.32 Å². The molecule has 1 aliphatic rings. The van der Waals surface area contributed by atoms with E-state index in [0.29, 0.717) is 0 Å². The molecule has 0 aromatic heterocycles. The Morgan fingerprint density at radius 2 is 2.25 bits per heavy atom. The van der Waals surface area contributed by atoms with E-state index in [4.69, 9.17) is 11.6 Å². The standard InChI is InChI=1S/C16H24ClN3/c1-13-6-5-11-20(12-13)16(18-2)19-10-9-14-7-3-4-8-15(14)17/h3-4,7-8,13H,5-6,9-12H2,1-2H3,(H,18,19). The largest absolute Gasteiger partial charge is 0.356 e. The average molecular weight is 294 g/mol. The highest BCUT2D eigenvalue weighted by Gasteiger charge is 2.18. The first kappa shape index (κ1) is 15.2. The Kier molecular flexibility index (Phi) is 5.72. The number of likely N-dealkylation sites (tertiary alicyclic amines) is 1. The van der Waals surface area contributed by atoms with Crippen LogP contribution in [0.5, 0.6) is 0 Å². The Morgan fingerprint density at radius 3 is 2.95 bits per heavy atom. The van der Waals surface area contributed by atoms with Crippen LogP contribution >= 0.6 is 11.6 Å². The van der Waals surface area contributed by atoms with Crippen LogP contribution in [0, 0.1) is 5.92 Å². The van der Waals surface area contributed by atoms with E-state index < -0.39 is 0 Å². The average Bonchev–Trinajstić information content (AvgIpc) is 2.45. The molecule has 0 bridgehead atoms. The fourth-order valence-electron chi connectivity index (χ4n) is 2.72. The molecular weight excluding hydrogens is 270 g/mol. The van der Waals surface area contributed by atoms with Crippen molar-refractivity contribution in [3.05, 3.63) is 34.9 Å². The molecule has 2 rings (SSSR count). The number of nitrogens with one attached hydrogen (secondary N) is 1. The molecule has 4 heteroatoms. The number of benzene rings is 1. The minimum atomic E-state index is 0.755. The molecule has 1 N–H and O–H groups in total. The SMILES string of the molecule is CN=C(NCCc1ccccc1Cl)N1CCCC(C)C1. The zero-order valence-corrected chi connectivity index (χ0v) is 13.2. The maximum atomic E-state index is 6.17. The van der Waals surface area contributed by atoms with Gasteiger partial charge in [0.1, 0.15) is 0 Å². The second-order valence-corrected chi connectivity index (χ2v) is 5.92. The van der Waals surface area contributed by atoms with Gasteiger partial charge in [0.25, 0.3) is 0 Å². The molecule has 110 valence electrons. The molecule has 1 atom stereocenters. The number of guanidine groups is 1. The third kappa shape index (κ3) is 4.14. The summed E-state index contributed by atoms with van der Waals surface area (Å²) in [5, 5.41) is 4.30. The third-order valence-electron chi connectivity index (χ3n) is 3.80. The first-order chi connectivity index (χ1) is 9.70. The van der Waals surface area contributed by atoms with Crippen LogP contribution in [0.1, 0.15) is 25.3 Å². The Balaban J connectivity index is 1.84. The summed E-state index contributed by atoms with van der Waals surface area (Å²) < 4.78 is 0. The van der Waals surface area contributed by atoms with Crippen molar-refractivity contribution < 1.29 is 0 Å². The van der Waals surface area contributed by atoms with Gasteiger partial charge < -0.3 is 10.2 Å². The Morgan fingerprint density at radius 1 is 1.45 bits per heavy atom. The maximum absolute atomic E-state index is 6.17. The van der Waals surface area contributed by atoms with Crippen LogP contribution in [0.4, 0.5) is 0 Å². The monoisotopic (exact) mass is 293 g/mol. The lowest BCUT2D eigenvalue weighted by molar-refractivity contribution is 0.266. The number of rotatable bonds is 3. The lowest BCUT2D eigenvalue weighted by atomic mass is 10.0. The van der Waals surface area contributed by atoms with E-state index >= 15 is 0 Å². The van der Waals surface area contributed by atoms with Crippen molar-refractivity contribution in [2.24, 2.45) is 10.9 Å². The van der Waals surface area contributed by atoms with Crippen LogP contribution in [-0.4, -0.2) is 37.5 Å². The quantitative estimate of drug-likeness (QED) is 0.685. The molecule has 1 aliphatic heterocycles. The summed E-state index contributed by atoms with van der Waals surface area (Å²) in [6.45, 7) is 5.38. The summed E-state index contributed by atoms with van der Waals surface area (Å²) in [7, 11) is 1.86. The molecule has 0 amide bonds. The van der Waals surface area contributed by atoms with E-state index in [1.54, 1.807) is 0 Å². The highest BCUT2D eigenvalue weighted by molar-refractivity contribution is 6.31. The molecule has 20 heavy (non-hydrogen) atoms. The number of piperidine rings is 1. The second-order valence-electron chi connectivity index (χ2n) is 5.51. The molecule has 3 nitrogen and oxygen atoms in total. The van der Waals surface area contributed by atoms with Gasteiger partial charge in [-0.1, -0.05) is 36.7 Å². The smallest absolute Gasteiger partial charge is 0.193 e. The minimum absolute atomic E-state index is 0.755. The summed E-state index contributed by atoms with van der Waals surface area (Å²) in [5.74, 6) is 1.77. The minimum Gasteiger partial charge on any atom is -0.356 e. The predicted molar refractivity (Wildman–Crippen MR) is 86.5 cm³/mol. The van der Waals surface area contributed by atoms with Crippen molar-refractivity contribution in [3.8, 4) is 0 Å². The fourth-order valence-corrected chi connectivity index (χ4v) is 2.95. The van der Waals surface area contributed by atoms with Crippen molar-refractivity contribution in [1.82, 2.24) is 10.2 Å². The normalized spacial score (nSPS) is 20.1. The molecule has 1 aromatic rings. The molecule has 0 radical (unpaired) electrons. The molecule has 1 heterocycles. The van der Waals surface area contributed by atoms with E-state index in [-0.39, 0.29) is 0 Å². The van der Waals surface area contributed by atoms with Crippen LogP contribution in [0.15, 0.2) is 29.3 Å². The molecule has 0 aliphatic carbocycles. The highest BCUT2D eigenvalue weighted by Crippen LogP contribution is 2.16. The van der Waals surface area contributed by atoms with Crippen molar-refractivity contribution in [2.75, 3.05) is 26.7 Å². The van der Waals surface area contributed by atoms with Gasteiger partial charge in [0.15, 0.2) is 5.96 Å². The molecule has 1 aromatic carbocycles. The summed E-state index contributed by atoms with van der Waals surface area (Å²) in [4.78, 5) is 6.76. The van der Waals surface area contributed by atoms with Crippen molar-refractivity contribution in [2.45, 2.75) is 26.2 Å². The molecule has 1 fully saturated rings. The third-order valence-corrected chi connectivity index (χ3v) is 4.17. The zero-order valence-electron chi connectivity index (χ0n) is 12.4. The van der Waals surface area contributed by atoms with E-state index in [1.807, 2.05) is 25.2 Å². The van der Waals surface area contributed by atoms with Gasteiger partial charge in [-0.2, -0.15) is 0 Å². The number of aliphatic imine (C=N–C) groups is 1. The van der Waals surface area contributed by atoms with Crippen LogP contribution in [0.3, 0.4) is 0 Å². The number of halogens is 1. The first-order valence-electron chi connectivity index (χ1n) is 7.39. The highest BCUT2D eigenvalue weighted by atomic mass is 35.5. The van der Waals surface area contributed by atoms with E-state index in [0.717, 1.165) is 43.0 Å². The zero-order chi connectivity index (χ0) is 14.4. The Bertz CT molecular complexity index is 459. The van der Waals surface area contributed by atoms with E-state index in [9.17, 15) is 0 Å². The van der Waals surface area contributed by atoms with Gasteiger partial charge >= 0.3 is 0 Å². The van der Waals surface area contributed by atoms with Crippen LogP contribution in [-0.2, 0) is 6.42 Å². The van der Waals surface area contributed by atoms with E-state index in [2.05, 4.69) is 28.2 Å². The summed E-state index contributed by atoms with van der Waals surface area (Å²) in [6.07, 6.45) is 3.50. The molecule has 0 spiro atoms. The van der Waals surface area contributed by atoms with Crippen molar-refractivity contribution in [3.63, 3.8) is 0 Å². The van der Waals surface area contributed by atoms with Gasteiger partial charge in [-0.05, 0) is 36.8 Å². The Labute approximate surface area is 127 Å². The summed E-state index contributed by atoms with van der Waals surface area (Å²) in [5.41, 5.74) is 1.18. The number of hydrogen-bond acceptors (Lipinski definition) is 1. The first-order valence-corrected chi connectivity index (χ1v) is 7.77. The van der Waals surface area contributed by atoms with Gasteiger partial charge in [-0.3, -0.25) is 4.99 Å². The van der Waals surface area contributed by atoms with Crippen LogP contribution in [0.25, 0.3) is 0 Å². The van der Waals surface area contributed by atoms with Gasteiger partial charge in [0.05, 0.1) is 0 Å². The summed E-state index contributed by atoms with van der Waals surface area (Å²) in [6, 6.07) is 8.02. The maximum Gasteiger partial charge on any atom is 0.193 e. The van der Waals surface area contributed by atoms with Gasteiger partial charge in [0, 0.05) is 31.7 Å². The van der Waals surface area contributed by atoms with Gasteiger partial charge in [-0.15, -0.1) is 0 Å². The molecular formula is C16H24ClN3. The summed E-state index contributed by atoms with van der Waals surface area (Å²) >= 11 is 6.17. The number of nitrogens with zero attached hydrogens (tertiary/aromatic N) is 2. The lowest BCUT2D eigenvalue weighted by Crippen LogP contribution is -2.46. The lowest BCUT2D eigenvalue weighted by Gasteiger charge is -2.33. The van der Waals surface area contributed by atoms with Crippen LogP contribution in [0.2, 0.25) is 5.02 Å². The number of hydrogen-bond donors (Lipinski definition) is 1. The van der Waals surface area contributed by atoms with Gasteiger partial charge in [-0.25, -0.2) is 0 Å². The molecule has 1 unspecified atom stereocenters. The van der Waals surface area contributed by atoms with Crippen molar-refractivity contribution >= 4 is 17.6 Å². The van der Waals surface area contributed by atoms with Gasteiger partial charge in [0.2, 0.25) is 0 Å². The topological polar surface area (TPSA) is 27.6 Å². The Hall–Kier alpha value is -1.22. The van der Waals surface area contributed by atoms with Crippen molar-refractivity contribution in [1.29, 1.82) is 0 Å². The molecule has 1 saturated heterocycles. The van der Waals surface area contributed by atoms with E-state index in [1.165, 1.54) is 18.4 Å².